The molecule has 0 aliphatic rings. The topological polar surface area (TPSA) is 65.2 Å². The number of nitrogens with zero attached hydrogens (tertiary/aromatic N) is 1. The third-order valence-electron chi connectivity index (χ3n) is 3.17. The Morgan fingerprint density at radius 1 is 1.05 bits per heavy atom. The smallest absolute Gasteiger partial charge is 0.357 e. The summed E-state index contributed by atoms with van der Waals surface area (Å²) < 4.78 is 5.26. The summed E-state index contributed by atoms with van der Waals surface area (Å²) in [4.78, 5) is 16.1. The van der Waals surface area contributed by atoms with Crippen LogP contribution in [0.1, 0.15) is 16.1 Å². The molecule has 4 heteroatoms. The molecule has 104 valence electrons. The number of nitrogens with two attached hydrogens (primary N) is 1. The summed E-state index contributed by atoms with van der Waals surface area (Å²) in [6.45, 7) is 0.237. The number of fused-ring (bicyclic) bond motifs is 1. The van der Waals surface area contributed by atoms with E-state index < -0.39 is 5.97 Å². The number of hydrogen-bond acceptors (Lipinski definition) is 4. The first-order valence-electron chi connectivity index (χ1n) is 6.59. The molecule has 0 amide bonds. The van der Waals surface area contributed by atoms with Crippen molar-refractivity contribution in [2.75, 3.05) is 5.73 Å². The molecule has 0 saturated carbocycles. The molecule has 2 N–H and O–H groups in total. The average Bonchev–Trinajstić information content (AvgIpc) is 2.53. The fourth-order valence-electron chi connectivity index (χ4n) is 2.07. The average molecular weight is 278 g/mol. The number of ether oxygens (including phenoxy) is 1. The summed E-state index contributed by atoms with van der Waals surface area (Å²) in [5.74, 6) is -0.433. The molecular weight excluding hydrogens is 264 g/mol. The maximum atomic E-state index is 12.0. The number of anilines is 1. The molecule has 3 rings (SSSR count). The summed E-state index contributed by atoms with van der Waals surface area (Å²) in [6.07, 6.45) is 1.63. The highest BCUT2D eigenvalue weighted by molar-refractivity contribution is 5.93. The van der Waals surface area contributed by atoms with Crippen molar-refractivity contribution >= 4 is 22.4 Å². The Morgan fingerprint density at radius 2 is 1.86 bits per heavy atom. The largest absolute Gasteiger partial charge is 0.456 e. The van der Waals surface area contributed by atoms with Crippen LogP contribution in [0.2, 0.25) is 0 Å². The maximum absolute atomic E-state index is 12.0. The van der Waals surface area contributed by atoms with Gasteiger partial charge < -0.3 is 10.5 Å². The molecule has 0 radical (unpaired) electrons. The van der Waals surface area contributed by atoms with Gasteiger partial charge in [0.15, 0.2) is 0 Å². The first-order valence-corrected chi connectivity index (χ1v) is 6.59. The molecule has 1 heterocycles. The Morgan fingerprint density at radius 3 is 2.67 bits per heavy atom. The van der Waals surface area contributed by atoms with Gasteiger partial charge in [-0.15, -0.1) is 0 Å². The van der Waals surface area contributed by atoms with Gasteiger partial charge in [-0.05, 0) is 29.1 Å². The van der Waals surface area contributed by atoms with Crippen molar-refractivity contribution in [1.82, 2.24) is 4.98 Å². The number of carbonyl (C=O) groups is 1. The predicted molar refractivity (Wildman–Crippen MR) is 81.7 cm³/mol. The molecule has 0 fully saturated rings. The molecule has 0 saturated heterocycles. The second-order valence-corrected chi connectivity index (χ2v) is 4.74. The molecule has 0 atom stereocenters. The molecule has 0 bridgehead atoms. The Kier molecular flexibility index (Phi) is 3.51. The summed E-state index contributed by atoms with van der Waals surface area (Å²) in [6, 6.07) is 16.7. The maximum Gasteiger partial charge on any atom is 0.357 e. The summed E-state index contributed by atoms with van der Waals surface area (Å²) in [7, 11) is 0. The number of hydrogen-bond donors (Lipinski definition) is 1. The van der Waals surface area contributed by atoms with E-state index in [-0.39, 0.29) is 6.61 Å². The summed E-state index contributed by atoms with van der Waals surface area (Å²) >= 11 is 0. The van der Waals surface area contributed by atoms with Crippen LogP contribution in [-0.2, 0) is 11.3 Å². The summed E-state index contributed by atoms with van der Waals surface area (Å²) in [5, 5.41) is 1.81. The first-order chi connectivity index (χ1) is 10.2. The van der Waals surface area contributed by atoms with Crippen molar-refractivity contribution in [3.8, 4) is 0 Å². The Hall–Kier alpha value is -2.88. The number of rotatable bonds is 3. The number of pyridine rings is 1. The number of benzene rings is 2. The van der Waals surface area contributed by atoms with E-state index >= 15 is 0 Å². The van der Waals surface area contributed by atoms with Crippen molar-refractivity contribution in [2.45, 2.75) is 6.61 Å². The lowest BCUT2D eigenvalue weighted by Gasteiger charge is -2.05. The Balaban J connectivity index is 1.77. The van der Waals surface area contributed by atoms with E-state index in [1.165, 1.54) is 0 Å². The standard InChI is InChI=1S/C17H14N2O2/c18-15-7-6-13-9-16(19-10-14(13)8-15)17(20)21-11-12-4-2-1-3-5-12/h1-10H,11,18H2. The van der Waals surface area contributed by atoms with E-state index in [2.05, 4.69) is 4.98 Å². The number of nitrogen functional groups attached to an aromatic ring is 1. The lowest BCUT2D eigenvalue weighted by molar-refractivity contribution is 0.0466. The van der Waals surface area contributed by atoms with Crippen LogP contribution >= 0.6 is 0 Å². The lowest BCUT2D eigenvalue weighted by atomic mass is 10.1. The van der Waals surface area contributed by atoms with E-state index in [1.54, 1.807) is 18.3 Å². The summed E-state index contributed by atoms with van der Waals surface area (Å²) in [5.41, 5.74) is 7.62. The molecule has 3 aromatic rings. The predicted octanol–water partition coefficient (Wildman–Crippen LogP) is 3.17. The number of carbonyl (C=O) groups excluding carboxylic acids is 1. The van der Waals surface area contributed by atoms with Crippen LogP contribution in [0, 0.1) is 0 Å². The van der Waals surface area contributed by atoms with Gasteiger partial charge in [-0.25, -0.2) is 9.78 Å². The molecule has 4 nitrogen and oxygen atoms in total. The normalized spacial score (nSPS) is 10.5. The molecule has 1 aromatic heterocycles. The van der Waals surface area contributed by atoms with Crippen LogP contribution in [0.5, 0.6) is 0 Å². The minimum Gasteiger partial charge on any atom is -0.456 e. The molecular formula is C17H14N2O2. The molecule has 0 aliphatic heterocycles. The van der Waals surface area contributed by atoms with Crippen LogP contribution in [-0.4, -0.2) is 11.0 Å². The van der Waals surface area contributed by atoms with Crippen molar-refractivity contribution in [3.63, 3.8) is 0 Å². The van der Waals surface area contributed by atoms with Gasteiger partial charge in [0, 0.05) is 17.3 Å². The monoisotopic (exact) mass is 278 g/mol. The molecule has 2 aromatic carbocycles. The molecule has 21 heavy (non-hydrogen) atoms. The Bertz CT molecular complexity index is 785. The minimum absolute atomic E-state index is 0.237. The molecule has 0 spiro atoms. The SMILES string of the molecule is Nc1ccc2cc(C(=O)OCc3ccccc3)ncc2c1. The number of esters is 1. The van der Waals surface area contributed by atoms with Crippen molar-refractivity contribution in [2.24, 2.45) is 0 Å². The van der Waals surface area contributed by atoms with E-state index in [0.29, 0.717) is 11.4 Å². The van der Waals surface area contributed by atoms with Crippen LogP contribution in [0.15, 0.2) is 60.8 Å². The van der Waals surface area contributed by atoms with Gasteiger partial charge in [-0.3, -0.25) is 0 Å². The minimum atomic E-state index is -0.433. The fraction of sp³-hybridized carbons (Fsp3) is 0.0588. The van der Waals surface area contributed by atoms with Crippen molar-refractivity contribution < 1.29 is 9.53 Å². The second-order valence-electron chi connectivity index (χ2n) is 4.74. The van der Waals surface area contributed by atoms with Crippen LogP contribution in [0.25, 0.3) is 10.8 Å². The van der Waals surface area contributed by atoms with Crippen LogP contribution in [0.4, 0.5) is 5.69 Å². The van der Waals surface area contributed by atoms with E-state index in [4.69, 9.17) is 10.5 Å². The third-order valence-corrected chi connectivity index (χ3v) is 3.17. The van der Waals surface area contributed by atoms with E-state index in [1.807, 2.05) is 42.5 Å². The quantitative estimate of drug-likeness (QED) is 0.590. The van der Waals surface area contributed by atoms with Gasteiger partial charge in [-0.2, -0.15) is 0 Å². The number of aromatic nitrogens is 1. The van der Waals surface area contributed by atoms with Gasteiger partial charge in [0.2, 0.25) is 0 Å². The molecule has 0 aliphatic carbocycles. The van der Waals surface area contributed by atoms with E-state index in [0.717, 1.165) is 16.3 Å². The van der Waals surface area contributed by atoms with Crippen molar-refractivity contribution in [3.05, 3.63) is 72.1 Å². The lowest BCUT2D eigenvalue weighted by Crippen LogP contribution is -2.07. The zero-order chi connectivity index (χ0) is 14.7. The van der Waals surface area contributed by atoms with Gasteiger partial charge >= 0.3 is 5.97 Å². The zero-order valence-corrected chi connectivity index (χ0v) is 11.3. The fourth-order valence-corrected chi connectivity index (χ4v) is 2.07. The van der Waals surface area contributed by atoms with Gasteiger partial charge in [0.05, 0.1) is 0 Å². The molecule has 0 unspecified atom stereocenters. The van der Waals surface area contributed by atoms with Crippen molar-refractivity contribution in [1.29, 1.82) is 0 Å². The Labute approximate surface area is 122 Å². The van der Waals surface area contributed by atoms with Crippen LogP contribution in [0.3, 0.4) is 0 Å². The highest BCUT2D eigenvalue weighted by Gasteiger charge is 2.10. The first kappa shape index (κ1) is 13.1. The zero-order valence-electron chi connectivity index (χ0n) is 11.3. The van der Waals surface area contributed by atoms with Gasteiger partial charge in [0.25, 0.3) is 0 Å². The van der Waals surface area contributed by atoms with Crippen LogP contribution < -0.4 is 5.73 Å². The second kappa shape index (κ2) is 5.63. The third kappa shape index (κ3) is 3.00. The highest BCUT2D eigenvalue weighted by Crippen LogP contribution is 2.18. The van der Waals surface area contributed by atoms with E-state index in [9.17, 15) is 4.79 Å². The van der Waals surface area contributed by atoms with Gasteiger partial charge in [-0.1, -0.05) is 36.4 Å². The van der Waals surface area contributed by atoms with Gasteiger partial charge in [0.1, 0.15) is 12.3 Å². The highest BCUT2D eigenvalue weighted by atomic mass is 16.5.